The minimum Gasteiger partial charge on any atom is -0.458 e. The quantitative estimate of drug-likeness (QED) is 0.327. The predicted octanol–water partition coefficient (Wildman–Crippen LogP) is 2.62. The number of Topliss-reactive ketones (excluding diaryl/α,β-unsaturated/α-hetero) is 1. The fourth-order valence-electron chi connectivity index (χ4n) is 4.79. The van der Waals surface area contributed by atoms with Crippen molar-refractivity contribution in [3.05, 3.63) is 11.6 Å². The third-order valence-electron chi connectivity index (χ3n) is 7.53. The third-order valence-corrected chi connectivity index (χ3v) is 8.56. The zero-order valence-corrected chi connectivity index (χ0v) is 22.8. The van der Waals surface area contributed by atoms with Crippen LogP contribution in [0.3, 0.4) is 0 Å². The number of ether oxygens (including phenoxy) is 1. The maximum absolute atomic E-state index is 13.2. The van der Waals surface area contributed by atoms with Crippen molar-refractivity contribution in [1.82, 2.24) is 0 Å². The lowest BCUT2D eigenvalue weighted by Gasteiger charge is -2.35. The second kappa shape index (κ2) is 12.8. The maximum Gasteiger partial charge on any atom is 0.309 e. The summed E-state index contributed by atoms with van der Waals surface area (Å²) in [5, 5.41) is 33.4. The predicted molar refractivity (Wildman–Crippen MR) is 139 cm³/mol. The molecular weight excluding hydrogens is 468 g/mol. The molecule has 0 spiro atoms. The number of hydrogen-bond donors (Lipinski definition) is 4. The molecule has 200 valence electrons. The number of esters is 1. The summed E-state index contributed by atoms with van der Waals surface area (Å²) in [6.07, 6.45) is -0.207. The number of rotatable bonds is 2. The van der Waals surface area contributed by atoms with Crippen molar-refractivity contribution in [2.45, 2.75) is 110 Å². The van der Waals surface area contributed by atoms with Crippen LogP contribution in [0.2, 0.25) is 0 Å². The Labute approximate surface area is 213 Å². The van der Waals surface area contributed by atoms with Crippen LogP contribution >= 0.6 is 11.8 Å². The van der Waals surface area contributed by atoms with Gasteiger partial charge in [0, 0.05) is 24.1 Å². The number of thioether (sulfide) groups is 1. The van der Waals surface area contributed by atoms with Gasteiger partial charge in [-0.05, 0) is 38.2 Å². The fourth-order valence-corrected chi connectivity index (χ4v) is 5.58. The highest BCUT2D eigenvalue weighted by molar-refractivity contribution is 8.14. The molecule has 2 rings (SSSR count). The number of carbonyl (C=O) groups is 2. The first-order chi connectivity index (χ1) is 16.2. The van der Waals surface area contributed by atoms with Gasteiger partial charge in [0.15, 0.2) is 0 Å². The number of carbonyl (C=O) groups excluding carboxylic acids is 2. The summed E-state index contributed by atoms with van der Waals surface area (Å²) in [5.41, 5.74) is 5.78. The van der Waals surface area contributed by atoms with E-state index in [1.54, 1.807) is 32.5 Å². The highest BCUT2D eigenvalue weighted by Gasteiger charge is 2.42. The average molecular weight is 513 g/mol. The number of nitrogens with two attached hydrogens (primary N) is 1. The summed E-state index contributed by atoms with van der Waals surface area (Å²) >= 11 is 1.67. The SMILES string of the molecule is CC1=NC(/C=C(\C)[C@@H]2C[C@H](O)C(N)CCCC(C)[C@H](O)C(C)C(=O)C(C)(C)C(O)CC(=O)O2)CS1. The summed E-state index contributed by atoms with van der Waals surface area (Å²) in [6.45, 7) is 10.5. The minimum absolute atomic E-state index is 0.0265. The van der Waals surface area contributed by atoms with Gasteiger partial charge in [-0.25, -0.2) is 0 Å². The van der Waals surface area contributed by atoms with Gasteiger partial charge in [0.1, 0.15) is 11.9 Å². The van der Waals surface area contributed by atoms with Crippen molar-refractivity contribution >= 4 is 28.6 Å². The standard InChI is InChI=1S/C26H44N2O6S/c1-14-8-7-9-19(27)20(29)11-21(15(2)10-18-13-35-17(4)28-18)34-23(31)12-22(30)26(5,6)25(33)16(3)24(14)32/h10,14,16,18-22,24,29-30,32H,7-9,11-13,27H2,1-6H3/b15-10+/t14?,16?,18?,19?,20-,21-,22?,24-/m0/s1. The number of aliphatic hydroxyl groups is 3. The molecule has 0 amide bonds. The van der Waals surface area contributed by atoms with E-state index in [1.807, 2.05) is 26.8 Å². The lowest BCUT2D eigenvalue weighted by atomic mass is 9.73. The molecule has 2 aliphatic heterocycles. The Hall–Kier alpha value is -1.26. The van der Waals surface area contributed by atoms with Crippen LogP contribution in [-0.2, 0) is 14.3 Å². The lowest BCUT2D eigenvalue weighted by Crippen LogP contribution is -2.46. The van der Waals surface area contributed by atoms with Crippen LogP contribution in [0.25, 0.3) is 0 Å². The van der Waals surface area contributed by atoms with Crippen LogP contribution in [0.15, 0.2) is 16.6 Å². The van der Waals surface area contributed by atoms with Crippen molar-refractivity contribution in [3.63, 3.8) is 0 Å². The van der Waals surface area contributed by atoms with E-state index in [0.717, 1.165) is 16.4 Å². The van der Waals surface area contributed by atoms with Crippen LogP contribution in [-0.4, -0.2) is 74.4 Å². The number of ketones is 1. The molecule has 9 heteroatoms. The van der Waals surface area contributed by atoms with E-state index in [4.69, 9.17) is 10.5 Å². The molecule has 8 atom stereocenters. The highest BCUT2D eigenvalue weighted by atomic mass is 32.2. The first-order valence-corrected chi connectivity index (χ1v) is 13.6. The fraction of sp³-hybridized carbons (Fsp3) is 0.808. The van der Waals surface area contributed by atoms with Gasteiger partial charge in [0.05, 0.1) is 41.2 Å². The summed E-state index contributed by atoms with van der Waals surface area (Å²) in [4.78, 5) is 30.6. The van der Waals surface area contributed by atoms with Crippen molar-refractivity contribution in [2.75, 3.05) is 5.75 Å². The molecule has 1 fully saturated rings. The Morgan fingerprint density at radius 3 is 2.46 bits per heavy atom. The van der Waals surface area contributed by atoms with Crippen LogP contribution in [0.5, 0.6) is 0 Å². The smallest absolute Gasteiger partial charge is 0.309 e. The normalized spacial score (nSPS) is 38.7. The number of aliphatic hydroxyl groups excluding tert-OH is 3. The van der Waals surface area contributed by atoms with Gasteiger partial charge in [0.2, 0.25) is 0 Å². The molecule has 2 aliphatic rings. The first-order valence-electron chi connectivity index (χ1n) is 12.6. The highest BCUT2D eigenvalue weighted by Crippen LogP contribution is 2.32. The molecule has 0 radical (unpaired) electrons. The van der Waals surface area contributed by atoms with Gasteiger partial charge in [-0.2, -0.15) is 0 Å². The molecule has 0 bridgehead atoms. The van der Waals surface area contributed by atoms with Crippen LogP contribution in [0, 0.1) is 17.3 Å². The van der Waals surface area contributed by atoms with Crippen LogP contribution in [0.1, 0.15) is 73.6 Å². The molecule has 0 aromatic heterocycles. The van der Waals surface area contributed by atoms with E-state index < -0.39 is 47.8 Å². The second-order valence-electron chi connectivity index (χ2n) is 10.9. The van der Waals surface area contributed by atoms with Crippen molar-refractivity contribution in [3.8, 4) is 0 Å². The number of cyclic esters (lactones) is 1. The Bertz CT molecular complexity index is 814. The van der Waals surface area contributed by atoms with Crippen molar-refractivity contribution in [2.24, 2.45) is 28.0 Å². The summed E-state index contributed by atoms with van der Waals surface area (Å²) < 4.78 is 5.73. The minimum atomic E-state index is -1.28. The number of aliphatic imine (C=N–C) groups is 1. The largest absolute Gasteiger partial charge is 0.458 e. The zero-order valence-electron chi connectivity index (χ0n) is 21.9. The first kappa shape index (κ1) is 30.0. The van der Waals surface area contributed by atoms with Crippen LogP contribution in [0.4, 0.5) is 0 Å². The van der Waals surface area contributed by atoms with Crippen molar-refractivity contribution < 1.29 is 29.6 Å². The Balaban J connectivity index is 2.30. The van der Waals surface area contributed by atoms with E-state index in [-0.39, 0.29) is 30.6 Å². The molecule has 1 saturated heterocycles. The summed E-state index contributed by atoms with van der Waals surface area (Å²) in [6, 6.07) is -0.548. The molecule has 2 heterocycles. The van der Waals surface area contributed by atoms with Crippen LogP contribution < -0.4 is 5.73 Å². The molecule has 5 N–H and O–H groups in total. The topological polar surface area (TPSA) is 142 Å². The summed E-state index contributed by atoms with van der Waals surface area (Å²) in [7, 11) is 0. The Kier molecular flexibility index (Phi) is 11.0. The lowest BCUT2D eigenvalue weighted by molar-refractivity contribution is -0.155. The van der Waals surface area contributed by atoms with E-state index >= 15 is 0 Å². The molecule has 8 nitrogen and oxygen atoms in total. The molecule has 5 unspecified atom stereocenters. The number of hydrogen-bond acceptors (Lipinski definition) is 9. The monoisotopic (exact) mass is 512 g/mol. The summed E-state index contributed by atoms with van der Waals surface area (Å²) in [5.74, 6) is -1.01. The van der Waals surface area contributed by atoms with E-state index in [2.05, 4.69) is 4.99 Å². The zero-order chi connectivity index (χ0) is 26.5. The molecule has 35 heavy (non-hydrogen) atoms. The molecule has 0 aliphatic carbocycles. The van der Waals surface area contributed by atoms with E-state index in [9.17, 15) is 24.9 Å². The third kappa shape index (κ3) is 8.12. The van der Waals surface area contributed by atoms with E-state index in [0.29, 0.717) is 19.3 Å². The van der Waals surface area contributed by atoms with Gasteiger partial charge in [-0.3, -0.25) is 14.6 Å². The van der Waals surface area contributed by atoms with Gasteiger partial charge in [-0.1, -0.05) is 40.2 Å². The second-order valence-corrected chi connectivity index (χ2v) is 12.1. The molecule has 0 saturated carbocycles. The molecule has 0 aromatic rings. The van der Waals surface area contributed by atoms with Gasteiger partial charge in [0.25, 0.3) is 0 Å². The van der Waals surface area contributed by atoms with Crippen molar-refractivity contribution in [1.29, 1.82) is 0 Å². The molecule has 0 aromatic carbocycles. The maximum atomic E-state index is 13.2. The Morgan fingerprint density at radius 2 is 1.86 bits per heavy atom. The van der Waals surface area contributed by atoms with E-state index in [1.165, 1.54) is 0 Å². The Morgan fingerprint density at radius 1 is 1.20 bits per heavy atom. The van der Waals surface area contributed by atoms with Gasteiger partial charge >= 0.3 is 5.97 Å². The van der Waals surface area contributed by atoms with Gasteiger partial charge in [-0.15, -0.1) is 11.8 Å². The molecular formula is C26H44N2O6S. The average Bonchev–Trinajstić information content (AvgIpc) is 3.20. The number of nitrogens with zero attached hydrogens (tertiary/aromatic N) is 1. The van der Waals surface area contributed by atoms with Gasteiger partial charge < -0.3 is 25.8 Å².